The molecule has 0 aliphatic carbocycles. The van der Waals surface area contributed by atoms with Gasteiger partial charge in [0, 0.05) is 30.9 Å². The maximum atomic E-state index is 6.11. The fraction of sp³-hybridized carbons (Fsp3) is 0.583. The van der Waals surface area contributed by atoms with Gasteiger partial charge in [-0.15, -0.1) is 11.6 Å². The van der Waals surface area contributed by atoms with Crippen molar-refractivity contribution in [2.45, 2.75) is 25.9 Å². The van der Waals surface area contributed by atoms with Crippen molar-refractivity contribution >= 4 is 23.2 Å². The molecule has 1 aliphatic rings. The predicted molar refractivity (Wildman–Crippen MR) is 67.9 cm³/mol. The van der Waals surface area contributed by atoms with Crippen molar-refractivity contribution in [3.63, 3.8) is 0 Å². The topological polar surface area (TPSA) is 16.1 Å². The maximum absolute atomic E-state index is 6.11. The van der Waals surface area contributed by atoms with Crippen LogP contribution in [0.2, 0.25) is 5.02 Å². The first-order valence-electron chi connectivity index (χ1n) is 5.60. The van der Waals surface area contributed by atoms with E-state index in [0.29, 0.717) is 17.8 Å². The molecule has 0 bridgehead atoms. The molecule has 4 heteroatoms. The molecule has 2 unspecified atom stereocenters. The number of pyridine rings is 1. The Kier molecular flexibility index (Phi) is 4.06. The van der Waals surface area contributed by atoms with Crippen molar-refractivity contribution in [2.75, 3.05) is 12.4 Å². The molecule has 0 spiro atoms. The second-order valence-corrected chi connectivity index (χ2v) is 5.14. The smallest absolute Gasteiger partial charge is 0.0634 e. The quantitative estimate of drug-likeness (QED) is 0.775. The molecule has 0 saturated carbocycles. The molecule has 1 aromatic rings. The van der Waals surface area contributed by atoms with Gasteiger partial charge in [-0.1, -0.05) is 18.5 Å². The predicted octanol–water partition coefficient (Wildman–Crippen LogP) is 3.18. The molecule has 2 rings (SSSR count). The van der Waals surface area contributed by atoms with Gasteiger partial charge < -0.3 is 0 Å². The number of halogens is 2. The first-order valence-corrected chi connectivity index (χ1v) is 6.52. The number of alkyl halides is 1. The van der Waals surface area contributed by atoms with Crippen LogP contribution in [0.15, 0.2) is 18.5 Å². The van der Waals surface area contributed by atoms with E-state index in [1.165, 1.54) is 6.42 Å². The van der Waals surface area contributed by atoms with Crippen LogP contribution in [-0.4, -0.2) is 28.4 Å². The van der Waals surface area contributed by atoms with Gasteiger partial charge in [0.25, 0.3) is 0 Å². The zero-order valence-electron chi connectivity index (χ0n) is 9.37. The Hall–Kier alpha value is -0.310. The lowest BCUT2D eigenvalue weighted by atomic mass is 10.0. The zero-order valence-corrected chi connectivity index (χ0v) is 10.9. The van der Waals surface area contributed by atoms with E-state index >= 15 is 0 Å². The van der Waals surface area contributed by atoms with E-state index in [0.717, 1.165) is 23.7 Å². The Morgan fingerprint density at radius 2 is 2.38 bits per heavy atom. The number of aromatic nitrogens is 1. The maximum Gasteiger partial charge on any atom is 0.0634 e. The molecule has 1 aromatic heterocycles. The van der Waals surface area contributed by atoms with Crippen molar-refractivity contribution in [2.24, 2.45) is 5.92 Å². The van der Waals surface area contributed by atoms with E-state index in [1.807, 2.05) is 6.07 Å². The fourth-order valence-electron chi connectivity index (χ4n) is 2.28. The lowest BCUT2D eigenvalue weighted by molar-refractivity contribution is 0.242. The van der Waals surface area contributed by atoms with E-state index in [9.17, 15) is 0 Å². The summed E-state index contributed by atoms with van der Waals surface area (Å²) >= 11 is 12.1. The van der Waals surface area contributed by atoms with Crippen LogP contribution in [0.25, 0.3) is 0 Å². The fourth-order valence-corrected chi connectivity index (χ4v) is 2.96. The molecule has 1 aliphatic heterocycles. The summed E-state index contributed by atoms with van der Waals surface area (Å²) in [5.74, 6) is 1.38. The van der Waals surface area contributed by atoms with E-state index in [-0.39, 0.29) is 0 Å². The van der Waals surface area contributed by atoms with Crippen LogP contribution in [0.5, 0.6) is 0 Å². The Morgan fingerprint density at radius 1 is 1.56 bits per heavy atom. The summed E-state index contributed by atoms with van der Waals surface area (Å²) < 4.78 is 0. The molecule has 2 nitrogen and oxygen atoms in total. The van der Waals surface area contributed by atoms with Crippen molar-refractivity contribution in [3.05, 3.63) is 29.0 Å². The molecule has 0 radical (unpaired) electrons. The third kappa shape index (κ3) is 2.50. The highest BCUT2D eigenvalue weighted by molar-refractivity contribution is 6.31. The molecular formula is C12H16Cl2N2. The lowest BCUT2D eigenvalue weighted by Gasteiger charge is -2.25. The van der Waals surface area contributed by atoms with Crippen LogP contribution in [0, 0.1) is 5.92 Å². The highest BCUT2D eigenvalue weighted by atomic mass is 35.5. The summed E-state index contributed by atoms with van der Waals surface area (Å²) in [5, 5.41) is 0.746. The van der Waals surface area contributed by atoms with E-state index < -0.39 is 0 Å². The number of hydrogen-bond donors (Lipinski definition) is 0. The van der Waals surface area contributed by atoms with Crippen LogP contribution in [0.1, 0.15) is 18.9 Å². The van der Waals surface area contributed by atoms with Gasteiger partial charge in [-0.3, -0.25) is 9.88 Å². The molecular weight excluding hydrogens is 243 g/mol. The Balaban J connectivity index is 2.08. The minimum atomic E-state index is 0.478. The summed E-state index contributed by atoms with van der Waals surface area (Å²) in [6.45, 7) is 4.25. The van der Waals surface area contributed by atoms with Crippen LogP contribution in [0.4, 0.5) is 0 Å². The minimum Gasteiger partial charge on any atom is -0.295 e. The zero-order chi connectivity index (χ0) is 11.5. The van der Waals surface area contributed by atoms with Crippen LogP contribution in [-0.2, 0) is 6.54 Å². The summed E-state index contributed by atoms with van der Waals surface area (Å²) in [6, 6.07) is 2.46. The molecule has 0 aromatic carbocycles. The minimum absolute atomic E-state index is 0.478. The lowest BCUT2D eigenvalue weighted by Crippen LogP contribution is -2.33. The summed E-state index contributed by atoms with van der Waals surface area (Å²) in [7, 11) is 0. The largest absolute Gasteiger partial charge is 0.295 e. The highest BCUT2D eigenvalue weighted by Gasteiger charge is 2.30. The summed E-state index contributed by atoms with van der Waals surface area (Å²) in [6.07, 6.45) is 4.71. The summed E-state index contributed by atoms with van der Waals surface area (Å²) in [5.41, 5.74) is 1.14. The third-order valence-electron chi connectivity index (χ3n) is 3.39. The molecule has 0 N–H and O–H groups in total. The Bertz CT molecular complexity index is 357. The number of likely N-dealkylation sites (tertiary alicyclic amines) is 1. The number of nitrogens with zero attached hydrogens (tertiary/aromatic N) is 2. The molecule has 1 fully saturated rings. The van der Waals surface area contributed by atoms with Crippen LogP contribution < -0.4 is 0 Å². The van der Waals surface area contributed by atoms with Gasteiger partial charge in [0.15, 0.2) is 0 Å². The van der Waals surface area contributed by atoms with Crippen molar-refractivity contribution < 1.29 is 0 Å². The second-order valence-electron chi connectivity index (χ2n) is 4.43. The van der Waals surface area contributed by atoms with Gasteiger partial charge in [0.2, 0.25) is 0 Å². The molecule has 16 heavy (non-hydrogen) atoms. The molecule has 2 atom stereocenters. The molecule has 88 valence electrons. The SMILES string of the molecule is CC1CCN(Cc2ccncc2Cl)C1CCl. The van der Waals surface area contributed by atoms with Crippen LogP contribution in [0.3, 0.4) is 0 Å². The monoisotopic (exact) mass is 258 g/mol. The standard InChI is InChI=1S/C12H16Cl2N2/c1-9-3-5-16(12(9)6-13)8-10-2-4-15-7-11(10)14/h2,4,7,9,12H,3,5-6,8H2,1H3. The van der Waals surface area contributed by atoms with E-state index in [4.69, 9.17) is 23.2 Å². The van der Waals surface area contributed by atoms with E-state index in [2.05, 4.69) is 16.8 Å². The van der Waals surface area contributed by atoms with Crippen molar-refractivity contribution in [1.29, 1.82) is 0 Å². The van der Waals surface area contributed by atoms with Crippen LogP contribution >= 0.6 is 23.2 Å². The first kappa shape index (κ1) is 12.2. The van der Waals surface area contributed by atoms with Crippen molar-refractivity contribution in [1.82, 2.24) is 9.88 Å². The van der Waals surface area contributed by atoms with Gasteiger partial charge in [-0.05, 0) is 30.5 Å². The second kappa shape index (κ2) is 5.35. The molecule has 0 amide bonds. The summed E-state index contributed by atoms with van der Waals surface area (Å²) in [4.78, 5) is 6.41. The van der Waals surface area contributed by atoms with Gasteiger partial charge in [-0.25, -0.2) is 0 Å². The van der Waals surface area contributed by atoms with Crippen molar-refractivity contribution in [3.8, 4) is 0 Å². The number of hydrogen-bond acceptors (Lipinski definition) is 2. The number of rotatable bonds is 3. The Labute approximate surface area is 107 Å². The average molecular weight is 259 g/mol. The first-order chi connectivity index (χ1) is 7.72. The van der Waals surface area contributed by atoms with Gasteiger partial charge in [0.1, 0.15) is 0 Å². The highest BCUT2D eigenvalue weighted by Crippen LogP contribution is 2.27. The molecule has 1 saturated heterocycles. The Morgan fingerprint density at radius 3 is 3.06 bits per heavy atom. The molecule has 2 heterocycles. The third-order valence-corrected chi connectivity index (χ3v) is 4.04. The van der Waals surface area contributed by atoms with Gasteiger partial charge >= 0.3 is 0 Å². The average Bonchev–Trinajstić information content (AvgIpc) is 2.63. The van der Waals surface area contributed by atoms with Gasteiger partial charge in [-0.2, -0.15) is 0 Å². The van der Waals surface area contributed by atoms with E-state index in [1.54, 1.807) is 12.4 Å². The normalized spacial score (nSPS) is 26.2. The van der Waals surface area contributed by atoms with Gasteiger partial charge in [0.05, 0.1) is 5.02 Å².